The molecule has 1 saturated carbocycles. The van der Waals surface area contributed by atoms with Crippen LogP contribution < -0.4 is 5.73 Å². The van der Waals surface area contributed by atoms with Crippen LogP contribution in [0.2, 0.25) is 0 Å². The van der Waals surface area contributed by atoms with Gasteiger partial charge in [-0.2, -0.15) is 0 Å². The summed E-state index contributed by atoms with van der Waals surface area (Å²) in [5.41, 5.74) is 5.94. The normalized spacial score (nSPS) is 26.5. The Kier molecular flexibility index (Phi) is 7.09. The molecule has 2 atom stereocenters. The summed E-state index contributed by atoms with van der Waals surface area (Å²) in [5, 5.41) is 0. The fraction of sp³-hybridized carbons (Fsp3) is 1.00. The van der Waals surface area contributed by atoms with Crippen molar-refractivity contribution in [2.24, 2.45) is 11.7 Å². The van der Waals surface area contributed by atoms with Crippen molar-refractivity contribution < 1.29 is 0 Å². The summed E-state index contributed by atoms with van der Waals surface area (Å²) in [6, 6.07) is 0.727. The van der Waals surface area contributed by atoms with E-state index in [1.165, 1.54) is 51.6 Å². The van der Waals surface area contributed by atoms with E-state index in [-0.39, 0.29) is 0 Å². The maximum absolute atomic E-state index is 5.94. The van der Waals surface area contributed by atoms with E-state index in [1.54, 1.807) is 0 Å². The van der Waals surface area contributed by atoms with E-state index in [9.17, 15) is 0 Å². The van der Waals surface area contributed by atoms with Crippen molar-refractivity contribution in [2.75, 3.05) is 40.8 Å². The van der Waals surface area contributed by atoms with Crippen molar-refractivity contribution in [1.29, 1.82) is 0 Å². The summed E-state index contributed by atoms with van der Waals surface area (Å²) in [5.74, 6) is 0.724. The fourth-order valence-corrected chi connectivity index (χ4v) is 3.02. The monoisotopic (exact) mass is 241 g/mol. The topological polar surface area (TPSA) is 32.5 Å². The molecule has 0 aromatic rings. The number of nitrogens with zero attached hydrogens (tertiary/aromatic N) is 2. The zero-order chi connectivity index (χ0) is 12.7. The summed E-state index contributed by atoms with van der Waals surface area (Å²) in [6.07, 6.45) is 8.11. The first kappa shape index (κ1) is 14.9. The Hall–Kier alpha value is -0.120. The quantitative estimate of drug-likeness (QED) is 0.720. The van der Waals surface area contributed by atoms with Gasteiger partial charge in [0.1, 0.15) is 0 Å². The second-order valence-electron chi connectivity index (χ2n) is 5.84. The lowest BCUT2D eigenvalue weighted by Crippen LogP contribution is -2.41. The highest BCUT2D eigenvalue weighted by atomic mass is 15.1. The van der Waals surface area contributed by atoms with Gasteiger partial charge in [0.05, 0.1) is 0 Å². The van der Waals surface area contributed by atoms with Crippen molar-refractivity contribution in [1.82, 2.24) is 9.80 Å². The molecule has 0 amide bonds. The van der Waals surface area contributed by atoms with Gasteiger partial charge < -0.3 is 15.5 Å². The van der Waals surface area contributed by atoms with Crippen molar-refractivity contribution in [3.8, 4) is 0 Å². The molecule has 0 bridgehead atoms. The average molecular weight is 241 g/mol. The summed E-state index contributed by atoms with van der Waals surface area (Å²) >= 11 is 0. The van der Waals surface area contributed by atoms with Gasteiger partial charge in [-0.1, -0.05) is 19.3 Å². The van der Waals surface area contributed by atoms with Crippen molar-refractivity contribution in [3.63, 3.8) is 0 Å². The lowest BCUT2D eigenvalue weighted by atomic mass is 9.93. The molecule has 0 radical (unpaired) electrons. The molecule has 2 N–H and O–H groups in total. The molecule has 2 unspecified atom stereocenters. The van der Waals surface area contributed by atoms with Gasteiger partial charge in [-0.15, -0.1) is 0 Å². The largest absolute Gasteiger partial charge is 0.330 e. The van der Waals surface area contributed by atoms with E-state index < -0.39 is 0 Å². The Morgan fingerprint density at radius 2 is 1.71 bits per heavy atom. The van der Waals surface area contributed by atoms with Crippen molar-refractivity contribution >= 4 is 0 Å². The van der Waals surface area contributed by atoms with Crippen LogP contribution in [0.1, 0.15) is 38.5 Å². The van der Waals surface area contributed by atoms with Gasteiger partial charge in [-0.25, -0.2) is 0 Å². The molecule has 3 nitrogen and oxygen atoms in total. The van der Waals surface area contributed by atoms with Gasteiger partial charge in [0.2, 0.25) is 0 Å². The van der Waals surface area contributed by atoms with Crippen LogP contribution in [0.4, 0.5) is 0 Å². The SMILES string of the molecule is CN(C)CCCN(C)C1CCCCCC1CN. The average Bonchev–Trinajstić information content (AvgIpc) is 2.52. The molecule has 0 spiro atoms. The summed E-state index contributed by atoms with van der Waals surface area (Å²) in [4.78, 5) is 4.83. The van der Waals surface area contributed by atoms with Crippen LogP contribution >= 0.6 is 0 Å². The third kappa shape index (κ3) is 5.36. The molecule has 1 fully saturated rings. The predicted octanol–water partition coefficient (Wildman–Crippen LogP) is 1.78. The molecule has 0 aliphatic heterocycles. The number of hydrogen-bond donors (Lipinski definition) is 1. The van der Waals surface area contributed by atoms with Crippen molar-refractivity contribution in [3.05, 3.63) is 0 Å². The van der Waals surface area contributed by atoms with E-state index in [0.29, 0.717) is 0 Å². The van der Waals surface area contributed by atoms with Gasteiger partial charge in [-0.3, -0.25) is 0 Å². The minimum atomic E-state index is 0.724. The maximum atomic E-state index is 5.94. The summed E-state index contributed by atoms with van der Waals surface area (Å²) < 4.78 is 0. The zero-order valence-electron chi connectivity index (χ0n) is 12.0. The zero-order valence-corrected chi connectivity index (χ0v) is 12.0. The van der Waals surface area contributed by atoms with E-state index >= 15 is 0 Å². The van der Waals surface area contributed by atoms with Crippen LogP contribution in [0, 0.1) is 5.92 Å². The van der Waals surface area contributed by atoms with Gasteiger partial charge >= 0.3 is 0 Å². The first-order chi connectivity index (χ1) is 8.15. The van der Waals surface area contributed by atoms with E-state index in [2.05, 4.69) is 30.9 Å². The van der Waals surface area contributed by atoms with Gasteiger partial charge in [0.25, 0.3) is 0 Å². The highest BCUT2D eigenvalue weighted by Gasteiger charge is 2.25. The van der Waals surface area contributed by atoms with E-state index in [4.69, 9.17) is 5.73 Å². The van der Waals surface area contributed by atoms with Crippen LogP contribution in [0.25, 0.3) is 0 Å². The molecule has 102 valence electrons. The second kappa shape index (κ2) is 8.06. The molecule has 0 heterocycles. The highest BCUT2D eigenvalue weighted by molar-refractivity contribution is 4.81. The Morgan fingerprint density at radius 3 is 2.35 bits per heavy atom. The number of rotatable bonds is 6. The second-order valence-corrected chi connectivity index (χ2v) is 5.84. The van der Waals surface area contributed by atoms with Gasteiger partial charge in [-0.05, 0) is 66.0 Å². The van der Waals surface area contributed by atoms with Crippen LogP contribution in [0.15, 0.2) is 0 Å². The van der Waals surface area contributed by atoms with Crippen LogP contribution in [0.5, 0.6) is 0 Å². The molecule has 3 heteroatoms. The van der Waals surface area contributed by atoms with Gasteiger partial charge in [0, 0.05) is 6.04 Å². The third-order valence-corrected chi connectivity index (χ3v) is 4.10. The number of nitrogens with two attached hydrogens (primary N) is 1. The standard InChI is InChI=1S/C14H31N3/c1-16(2)10-7-11-17(3)14-9-6-4-5-8-13(14)12-15/h13-14H,4-12,15H2,1-3H3. The lowest BCUT2D eigenvalue weighted by Gasteiger charge is -2.33. The molecule has 1 aliphatic rings. The third-order valence-electron chi connectivity index (χ3n) is 4.10. The Balaban J connectivity index is 2.37. The molecule has 0 aromatic carbocycles. The molecular weight excluding hydrogens is 210 g/mol. The van der Waals surface area contributed by atoms with Crippen LogP contribution in [0.3, 0.4) is 0 Å². The Morgan fingerprint density at radius 1 is 1.00 bits per heavy atom. The predicted molar refractivity (Wildman–Crippen MR) is 75.2 cm³/mol. The molecule has 0 aromatic heterocycles. The maximum Gasteiger partial charge on any atom is 0.0132 e. The Labute approximate surface area is 107 Å². The first-order valence-corrected chi connectivity index (χ1v) is 7.20. The molecule has 0 saturated heterocycles. The fourth-order valence-electron chi connectivity index (χ4n) is 3.02. The first-order valence-electron chi connectivity index (χ1n) is 7.20. The Bertz CT molecular complexity index is 194. The minimum Gasteiger partial charge on any atom is -0.330 e. The molecule has 1 rings (SSSR count). The lowest BCUT2D eigenvalue weighted by molar-refractivity contribution is 0.162. The van der Waals surface area contributed by atoms with E-state index in [1.807, 2.05) is 0 Å². The molecule has 17 heavy (non-hydrogen) atoms. The highest BCUT2D eigenvalue weighted by Crippen LogP contribution is 2.26. The van der Waals surface area contributed by atoms with Crippen molar-refractivity contribution in [2.45, 2.75) is 44.6 Å². The minimum absolute atomic E-state index is 0.724. The number of hydrogen-bond acceptors (Lipinski definition) is 3. The van der Waals surface area contributed by atoms with Crippen LogP contribution in [-0.2, 0) is 0 Å². The summed E-state index contributed by atoms with van der Waals surface area (Å²) in [7, 11) is 6.58. The van der Waals surface area contributed by atoms with Gasteiger partial charge in [0.15, 0.2) is 0 Å². The molecule has 1 aliphatic carbocycles. The molecular formula is C14H31N3. The van der Waals surface area contributed by atoms with E-state index in [0.717, 1.165) is 18.5 Å². The summed E-state index contributed by atoms with van der Waals surface area (Å²) in [6.45, 7) is 3.26. The smallest absolute Gasteiger partial charge is 0.0132 e. The van der Waals surface area contributed by atoms with Crippen LogP contribution in [-0.4, -0.2) is 56.6 Å².